The van der Waals surface area contributed by atoms with Crippen LogP contribution in [-0.2, 0) is 17.8 Å². The molecule has 0 aliphatic rings. The Hall–Kier alpha value is -2.31. The lowest BCUT2D eigenvalue weighted by molar-refractivity contribution is 0.145. The van der Waals surface area contributed by atoms with E-state index in [1.807, 2.05) is 37.3 Å². The molecule has 0 aliphatic carbocycles. The van der Waals surface area contributed by atoms with Crippen molar-refractivity contribution in [2.45, 2.75) is 20.0 Å². The number of ether oxygens (including phenoxy) is 2. The van der Waals surface area contributed by atoms with Crippen LogP contribution in [0.1, 0.15) is 22.3 Å². The molecule has 0 atom stereocenters. The highest BCUT2D eigenvalue weighted by atomic mass is 127. The SMILES string of the molecule is CN=C(NCc1ccc(C#N)cc1)NCc1ccc(C)cc1OCCOC.I. The second-order valence-corrected chi connectivity index (χ2v) is 6.04. The van der Waals surface area contributed by atoms with E-state index in [1.165, 1.54) is 0 Å². The van der Waals surface area contributed by atoms with Gasteiger partial charge in [0.15, 0.2) is 5.96 Å². The number of halogens is 1. The molecule has 2 aromatic rings. The Kier molecular flexibility index (Phi) is 11.0. The second-order valence-electron chi connectivity index (χ2n) is 6.04. The van der Waals surface area contributed by atoms with Crippen molar-refractivity contribution in [2.75, 3.05) is 27.4 Å². The number of nitrogens with zero attached hydrogens (tertiary/aromatic N) is 2. The maximum absolute atomic E-state index is 8.86. The first kappa shape index (κ1) is 23.7. The third kappa shape index (κ3) is 7.74. The van der Waals surface area contributed by atoms with E-state index >= 15 is 0 Å². The van der Waals surface area contributed by atoms with Crippen LogP contribution in [0.25, 0.3) is 0 Å². The van der Waals surface area contributed by atoms with Gasteiger partial charge in [-0.1, -0.05) is 24.3 Å². The van der Waals surface area contributed by atoms with Crippen LogP contribution < -0.4 is 15.4 Å². The van der Waals surface area contributed by atoms with Gasteiger partial charge < -0.3 is 20.1 Å². The highest BCUT2D eigenvalue weighted by molar-refractivity contribution is 14.0. The molecule has 6 nitrogen and oxygen atoms in total. The molecule has 0 bridgehead atoms. The van der Waals surface area contributed by atoms with Gasteiger partial charge >= 0.3 is 0 Å². The molecule has 0 aromatic heterocycles. The van der Waals surface area contributed by atoms with E-state index in [1.54, 1.807) is 14.2 Å². The van der Waals surface area contributed by atoms with Crippen molar-refractivity contribution in [1.29, 1.82) is 5.26 Å². The number of benzene rings is 2. The van der Waals surface area contributed by atoms with Gasteiger partial charge in [-0.15, -0.1) is 24.0 Å². The smallest absolute Gasteiger partial charge is 0.191 e. The standard InChI is InChI=1S/C21H26N4O2.HI/c1-16-4-9-19(20(12-16)27-11-10-26-3)15-25-21(23-2)24-14-18-7-5-17(13-22)6-8-18;/h4-9,12H,10-11,14-15H2,1-3H3,(H2,23,24,25);1H. The molecule has 2 aromatic carbocycles. The first-order valence-electron chi connectivity index (χ1n) is 8.81. The van der Waals surface area contributed by atoms with Crippen molar-refractivity contribution >= 4 is 29.9 Å². The van der Waals surface area contributed by atoms with Gasteiger partial charge in [0.25, 0.3) is 0 Å². The third-order valence-electron chi connectivity index (χ3n) is 3.98. The molecule has 0 amide bonds. The van der Waals surface area contributed by atoms with Gasteiger partial charge in [0.05, 0.1) is 18.2 Å². The van der Waals surface area contributed by atoms with Crippen LogP contribution in [0, 0.1) is 18.3 Å². The number of nitrogens with one attached hydrogen (secondary N) is 2. The van der Waals surface area contributed by atoms with Crippen molar-refractivity contribution in [3.63, 3.8) is 0 Å². The van der Waals surface area contributed by atoms with E-state index in [4.69, 9.17) is 14.7 Å². The number of hydrogen-bond acceptors (Lipinski definition) is 4. The molecule has 7 heteroatoms. The summed E-state index contributed by atoms with van der Waals surface area (Å²) in [7, 11) is 3.39. The molecular formula is C21H27IN4O2. The van der Waals surface area contributed by atoms with Crippen molar-refractivity contribution in [3.05, 3.63) is 64.7 Å². The zero-order chi connectivity index (χ0) is 19.5. The lowest BCUT2D eigenvalue weighted by Gasteiger charge is -2.15. The molecule has 0 unspecified atom stereocenters. The number of methoxy groups -OCH3 is 1. The van der Waals surface area contributed by atoms with Crippen LogP contribution in [0.2, 0.25) is 0 Å². The molecule has 0 saturated heterocycles. The van der Waals surface area contributed by atoms with Crippen molar-refractivity contribution in [1.82, 2.24) is 10.6 Å². The van der Waals surface area contributed by atoms with Gasteiger partial charge in [-0.3, -0.25) is 4.99 Å². The zero-order valence-electron chi connectivity index (χ0n) is 16.5. The summed E-state index contributed by atoms with van der Waals surface area (Å²) >= 11 is 0. The maximum atomic E-state index is 8.86. The van der Waals surface area contributed by atoms with Crippen LogP contribution in [0.5, 0.6) is 5.75 Å². The Morgan fingerprint density at radius 1 is 1.07 bits per heavy atom. The Labute approximate surface area is 184 Å². The first-order chi connectivity index (χ1) is 13.2. The molecule has 28 heavy (non-hydrogen) atoms. The zero-order valence-corrected chi connectivity index (χ0v) is 18.8. The minimum absolute atomic E-state index is 0. The van der Waals surface area contributed by atoms with Crippen LogP contribution >= 0.6 is 24.0 Å². The molecular weight excluding hydrogens is 467 g/mol. The quantitative estimate of drug-likeness (QED) is 0.255. The molecule has 150 valence electrons. The van der Waals surface area contributed by atoms with Crippen LogP contribution in [0.4, 0.5) is 0 Å². The van der Waals surface area contributed by atoms with E-state index in [0.29, 0.717) is 37.8 Å². The van der Waals surface area contributed by atoms with Gasteiger partial charge in [-0.2, -0.15) is 5.26 Å². The van der Waals surface area contributed by atoms with E-state index in [0.717, 1.165) is 22.4 Å². The number of aliphatic imine (C=N–C) groups is 1. The second kappa shape index (κ2) is 13.0. The van der Waals surface area contributed by atoms with E-state index in [-0.39, 0.29) is 24.0 Å². The number of nitriles is 1. The molecule has 0 saturated carbocycles. The summed E-state index contributed by atoms with van der Waals surface area (Å²) in [5.74, 6) is 1.55. The lowest BCUT2D eigenvalue weighted by Crippen LogP contribution is -2.36. The first-order valence-corrected chi connectivity index (χ1v) is 8.81. The molecule has 0 fully saturated rings. The van der Waals surface area contributed by atoms with Crippen LogP contribution in [-0.4, -0.2) is 33.3 Å². The normalized spacial score (nSPS) is 10.6. The van der Waals surface area contributed by atoms with E-state index in [2.05, 4.69) is 33.8 Å². The molecule has 0 spiro atoms. The predicted molar refractivity (Wildman–Crippen MR) is 122 cm³/mol. The van der Waals surface area contributed by atoms with E-state index < -0.39 is 0 Å². The van der Waals surface area contributed by atoms with Gasteiger partial charge in [0.1, 0.15) is 12.4 Å². The Morgan fingerprint density at radius 2 is 1.79 bits per heavy atom. The van der Waals surface area contributed by atoms with Gasteiger partial charge in [-0.25, -0.2) is 0 Å². The highest BCUT2D eigenvalue weighted by Gasteiger charge is 2.06. The van der Waals surface area contributed by atoms with Crippen molar-refractivity contribution < 1.29 is 9.47 Å². The van der Waals surface area contributed by atoms with E-state index in [9.17, 15) is 0 Å². The summed E-state index contributed by atoms with van der Waals surface area (Å²) in [5.41, 5.74) is 3.94. The molecule has 2 rings (SSSR count). The molecule has 0 heterocycles. The summed E-state index contributed by atoms with van der Waals surface area (Å²) in [6.07, 6.45) is 0. The summed E-state index contributed by atoms with van der Waals surface area (Å²) in [6, 6.07) is 15.7. The molecule has 0 aliphatic heterocycles. The maximum Gasteiger partial charge on any atom is 0.191 e. The minimum Gasteiger partial charge on any atom is -0.491 e. The third-order valence-corrected chi connectivity index (χ3v) is 3.98. The van der Waals surface area contributed by atoms with Crippen molar-refractivity contribution in [2.24, 2.45) is 4.99 Å². The number of aryl methyl sites for hydroxylation is 1. The number of guanidine groups is 1. The Bertz CT molecular complexity index is 801. The monoisotopic (exact) mass is 494 g/mol. The van der Waals surface area contributed by atoms with Crippen LogP contribution in [0.15, 0.2) is 47.5 Å². The fourth-order valence-corrected chi connectivity index (χ4v) is 2.46. The Morgan fingerprint density at radius 3 is 2.43 bits per heavy atom. The summed E-state index contributed by atoms with van der Waals surface area (Å²) in [4.78, 5) is 4.26. The average Bonchev–Trinajstić information content (AvgIpc) is 2.70. The lowest BCUT2D eigenvalue weighted by atomic mass is 10.1. The molecule has 0 radical (unpaired) electrons. The number of hydrogen-bond donors (Lipinski definition) is 2. The highest BCUT2D eigenvalue weighted by Crippen LogP contribution is 2.20. The fraction of sp³-hybridized carbons (Fsp3) is 0.333. The largest absolute Gasteiger partial charge is 0.491 e. The topological polar surface area (TPSA) is 78.7 Å². The molecule has 2 N–H and O–H groups in total. The van der Waals surface area contributed by atoms with Gasteiger partial charge in [0, 0.05) is 32.8 Å². The average molecular weight is 494 g/mol. The van der Waals surface area contributed by atoms with Crippen LogP contribution in [0.3, 0.4) is 0 Å². The summed E-state index contributed by atoms with van der Waals surface area (Å²) < 4.78 is 10.9. The predicted octanol–water partition coefficient (Wildman–Crippen LogP) is 3.38. The fourth-order valence-electron chi connectivity index (χ4n) is 2.46. The summed E-state index contributed by atoms with van der Waals surface area (Å²) in [5, 5.41) is 15.4. The van der Waals surface area contributed by atoms with Gasteiger partial charge in [0.2, 0.25) is 0 Å². The minimum atomic E-state index is 0. The number of rotatable bonds is 8. The summed E-state index contributed by atoms with van der Waals surface area (Å²) in [6.45, 7) is 4.32. The van der Waals surface area contributed by atoms with Gasteiger partial charge in [-0.05, 0) is 36.2 Å². The van der Waals surface area contributed by atoms with Crippen molar-refractivity contribution in [3.8, 4) is 11.8 Å². The Balaban J connectivity index is 0.00000392.